The zero-order valence-electron chi connectivity index (χ0n) is 39.3. The van der Waals surface area contributed by atoms with Crippen LogP contribution >= 0.6 is 0 Å². The molecule has 0 aromatic heterocycles. The summed E-state index contributed by atoms with van der Waals surface area (Å²) in [6.45, 7) is 26.6. The third kappa shape index (κ3) is 11.6. The van der Waals surface area contributed by atoms with E-state index < -0.39 is 0 Å². The summed E-state index contributed by atoms with van der Waals surface area (Å²) in [7, 11) is 0. The summed E-state index contributed by atoms with van der Waals surface area (Å²) in [6, 6.07) is 54.5. The Morgan fingerprint density at radius 1 is 0.426 bits per heavy atom. The van der Waals surface area contributed by atoms with Gasteiger partial charge in [0.15, 0.2) is 0 Å². The summed E-state index contributed by atoms with van der Waals surface area (Å²) in [4.78, 5) is 0. The Hall–Kier alpha value is -6.05. The predicted molar refractivity (Wildman–Crippen MR) is 274 cm³/mol. The topological polar surface area (TPSA) is 0 Å². The molecule has 0 fully saturated rings. The van der Waals surface area contributed by atoms with E-state index in [2.05, 4.69) is 167 Å². The Kier molecular flexibility index (Phi) is 20.7. The predicted octanol–water partition coefficient (Wildman–Crippen LogP) is 19.5. The van der Waals surface area contributed by atoms with Gasteiger partial charge < -0.3 is 0 Å². The quantitative estimate of drug-likeness (QED) is 0.116. The minimum absolute atomic E-state index is 0.184. The van der Waals surface area contributed by atoms with Crippen LogP contribution in [0.2, 0.25) is 0 Å². The van der Waals surface area contributed by atoms with Gasteiger partial charge in [-0.05, 0) is 117 Å². The van der Waals surface area contributed by atoms with Crippen molar-refractivity contribution in [1.82, 2.24) is 0 Å². The number of fused-ring (bicyclic) bond motifs is 3. The molecule has 61 heavy (non-hydrogen) atoms. The van der Waals surface area contributed by atoms with Crippen LogP contribution in [0.25, 0.3) is 71.3 Å². The molecule has 0 spiro atoms. The normalized spacial score (nSPS) is 10.1. The van der Waals surface area contributed by atoms with Crippen molar-refractivity contribution in [2.45, 2.75) is 96.4 Å². The summed E-state index contributed by atoms with van der Waals surface area (Å²) in [5.74, 6) is -0.184. The molecule has 316 valence electrons. The summed E-state index contributed by atoms with van der Waals surface area (Å²) in [5.41, 5.74) is 12.7. The highest BCUT2D eigenvalue weighted by atomic mass is 19.1. The third-order valence-electron chi connectivity index (χ3n) is 10.2. The SMILES string of the molecule is CC.CC.CC.CC.CC/C=C\C(=C(C)C)c1ccccc1C.Cc1cc(F)c(-c2c3ccccc3c(-c3ccc(-c4ccccc4)cc3)c3ccccc23)c2ccccc12. The summed E-state index contributed by atoms with van der Waals surface area (Å²) in [6.07, 6.45) is 5.54. The van der Waals surface area contributed by atoms with E-state index in [1.807, 2.05) is 86.6 Å². The number of halogens is 1. The highest BCUT2D eigenvalue weighted by Crippen LogP contribution is 2.46. The van der Waals surface area contributed by atoms with Crippen LogP contribution in [0.5, 0.6) is 0 Å². The molecular formula is C60H69F. The molecule has 0 aliphatic carbocycles. The monoisotopic (exact) mass is 809 g/mol. The van der Waals surface area contributed by atoms with Gasteiger partial charge in [0, 0.05) is 11.1 Å². The fraction of sp³-hybridized carbons (Fsp3) is 0.233. The molecule has 0 unspecified atom stereocenters. The number of benzene rings is 8. The fourth-order valence-corrected chi connectivity index (χ4v) is 7.57. The van der Waals surface area contributed by atoms with Crippen molar-refractivity contribution in [1.29, 1.82) is 0 Å². The largest absolute Gasteiger partial charge is 0.206 e. The molecule has 0 N–H and O–H groups in total. The first kappa shape index (κ1) is 49.3. The minimum Gasteiger partial charge on any atom is -0.206 e. The maximum absolute atomic E-state index is 16.0. The average Bonchev–Trinajstić information content (AvgIpc) is 3.32. The van der Waals surface area contributed by atoms with Crippen LogP contribution in [-0.4, -0.2) is 0 Å². The molecule has 0 saturated carbocycles. The Balaban J connectivity index is 0.000000363. The standard InChI is InChI=1S/C37H25F.C15H20.4C2H6/c1-24-23-34(38)37(29-14-6-5-13-28(24)29)36-32-17-9-7-15-30(32)35(31-16-8-10-18-33(31)36)27-21-19-26(20-22-27)25-11-3-2-4-12-25;1-5-6-10-14(12(2)3)15-11-8-7-9-13(15)4;4*1-2/h2-23H,1H3;6-11H,5H2,1-4H3;4*1-2H3/b;10-6-;;;;. The molecule has 0 aliphatic rings. The van der Waals surface area contributed by atoms with Crippen LogP contribution in [0, 0.1) is 19.7 Å². The molecule has 0 atom stereocenters. The molecule has 0 aliphatic heterocycles. The van der Waals surface area contributed by atoms with Crippen molar-refractivity contribution in [3.63, 3.8) is 0 Å². The van der Waals surface area contributed by atoms with E-state index >= 15 is 4.39 Å². The Morgan fingerprint density at radius 2 is 0.820 bits per heavy atom. The molecule has 0 heterocycles. The van der Waals surface area contributed by atoms with Gasteiger partial charge in [0.1, 0.15) is 5.82 Å². The highest BCUT2D eigenvalue weighted by Gasteiger charge is 2.21. The number of aryl methyl sites for hydroxylation is 2. The lowest BCUT2D eigenvalue weighted by Gasteiger charge is -2.20. The van der Waals surface area contributed by atoms with Crippen molar-refractivity contribution < 1.29 is 4.39 Å². The van der Waals surface area contributed by atoms with Crippen molar-refractivity contribution in [2.24, 2.45) is 0 Å². The van der Waals surface area contributed by atoms with Gasteiger partial charge >= 0.3 is 0 Å². The second kappa shape index (κ2) is 25.5. The van der Waals surface area contributed by atoms with E-state index in [1.165, 1.54) is 39.0 Å². The first-order valence-corrected chi connectivity index (χ1v) is 22.5. The molecule has 0 amide bonds. The van der Waals surface area contributed by atoms with Crippen LogP contribution in [0.4, 0.5) is 4.39 Å². The van der Waals surface area contributed by atoms with Crippen molar-refractivity contribution in [3.8, 4) is 33.4 Å². The average molecular weight is 809 g/mol. The molecule has 0 bridgehead atoms. The lowest BCUT2D eigenvalue weighted by molar-refractivity contribution is 0.632. The van der Waals surface area contributed by atoms with E-state index in [1.54, 1.807) is 6.07 Å². The van der Waals surface area contributed by atoms with Gasteiger partial charge in [-0.1, -0.05) is 232 Å². The zero-order chi connectivity index (χ0) is 44.9. The molecule has 8 aromatic carbocycles. The number of rotatable bonds is 6. The second-order valence-corrected chi connectivity index (χ2v) is 13.9. The fourth-order valence-electron chi connectivity index (χ4n) is 7.57. The van der Waals surface area contributed by atoms with Gasteiger partial charge in [-0.25, -0.2) is 4.39 Å². The molecule has 1 heteroatoms. The second-order valence-electron chi connectivity index (χ2n) is 13.9. The Labute approximate surface area is 368 Å². The van der Waals surface area contributed by atoms with E-state index in [0.29, 0.717) is 5.56 Å². The van der Waals surface area contributed by atoms with Crippen LogP contribution in [-0.2, 0) is 0 Å². The van der Waals surface area contributed by atoms with Crippen LogP contribution in [0.15, 0.2) is 175 Å². The van der Waals surface area contributed by atoms with E-state index in [0.717, 1.165) is 55.4 Å². The van der Waals surface area contributed by atoms with Crippen molar-refractivity contribution in [3.05, 3.63) is 198 Å². The van der Waals surface area contributed by atoms with Gasteiger partial charge in [-0.3, -0.25) is 0 Å². The highest BCUT2D eigenvalue weighted by molar-refractivity contribution is 6.23. The molecule has 0 radical (unpaired) electrons. The first-order chi connectivity index (χ1) is 29.9. The van der Waals surface area contributed by atoms with Crippen molar-refractivity contribution in [2.75, 3.05) is 0 Å². The summed E-state index contributed by atoms with van der Waals surface area (Å²) < 4.78 is 16.0. The van der Waals surface area contributed by atoms with E-state index in [4.69, 9.17) is 0 Å². The van der Waals surface area contributed by atoms with Crippen molar-refractivity contribution >= 4 is 37.9 Å². The third-order valence-corrected chi connectivity index (χ3v) is 10.2. The van der Waals surface area contributed by atoms with Gasteiger partial charge in [0.2, 0.25) is 0 Å². The Morgan fingerprint density at radius 3 is 1.30 bits per heavy atom. The zero-order valence-corrected chi connectivity index (χ0v) is 39.3. The number of hydrogen-bond acceptors (Lipinski definition) is 0. The van der Waals surface area contributed by atoms with Gasteiger partial charge in [0.05, 0.1) is 0 Å². The first-order valence-electron chi connectivity index (χ1n) is 22.5. The maximum atomic E-state index is 16.0. The maximum Gasteiger partial charge on any atom is 0.131 e. The molecular weight excluding hydrogens is 740 g/mol. The molecule has 8 rings (SSSR count). The smallest absolute Gasteiger partial charge is 0.131 e. The lowest BCUT2D eigenvalue weighted by atomic mass is 9.84. The minimum atomic E-state index is -0.184. The number of allylic oxidation sites excluding steroid dienone is 4. The molecule has 0 saturated heterocycles. The number of hydrogen-bond donors (Lipinski definition) is 0. The van der Waals surface area contributed by atoms with Crippen LogP contribution in [0.1, 0.15) is 99.3 Å². The van der Waals surface area contributed by atoms with E-state index in [9.17, 15) is 0 Å². The van der Waals surface area contributed by atoms with Crippen LogP contribution < -0.4 is 0 Å². The lowest BCUT2D eigenvalue weighted by Crippen LogP contribution is -1.95. The van der Waals surface area contributed by atoms with Crippen LogP contribution in [0.3, 0.4) is 0 Å². The van der Waals surface area contributed by atoms with Gasteiger partial charge in [-0.15, -0.1) is 0 Å². The summed E-state index contributed by atoms with van der Waals surface area (Å²) >= 11 is 0. The van der Waals surface area contributed by atoms with Gasteiger partial charge in [0.25, 0.3) is 0 Å². The molecule has 0 nitrogen and oxygen atoms in total. The molecule has 8 aromatic rings. The summed E-state index contributed by atoms with van der Waals surface area (Å²) in [5, 5.41) is 6.39. The van der Waals surface area contributed by atoms with E-state index in [-0.39, 0.29) is 5.82 Å². The Bertz CT molecular complexity index is 2560. The van der Waals surface area contributed by atoms with Gasteiger partial charge in [-0.2, -0.15) is 0 Å².